The second-order valence-corrected chi connectivity index (χ2v) is 5.28. The number of halogens is 1. The van der Waals surface area contributed by atoms with Gasteiger partial charge in [0.1, 0.15) is 5.69 Å². The molecule has 104 valence electrons. The molecule has 0 N–H and O–H groups in total. The number of likely N-dealkylation sites (tertiary alicyclic amines) is 1. The summed E-state index contributed by atoms with van der Waals surface area (Å²) in [6.07, 6.45) is 2.20. The Kier molecular flexibility index (Phi) is 4.47. The fourth-order valence-electron chi connectivity index (χ4n) is 2.44. The van der Waals surface area contributed by atoms with Crippen molar-refractivity contribution in [2.75, 3.05) is 33.7 Å². The molecule has 1 aromatic heterocycles. The lowest BCUT2D eigenvalue weighted by molar-refractivity contribution is 0.0740. The zero-order chi connectivity index (χ0) is 13.8. The van der Waals surface area contributed by atoms with Crippen LogP contribution in [-0.4, -0.2) is 54.4 Å². The Morgan fingerprint density at radius 1 is 1.47 bits per heavy atom. The summed E-state index contributed by atoms with van der Waals surface area (Å²) in [5, 5.41) is 0. The Bertz CT molecular complexity index is 444. The van der Waals surface area contributed by atoms with Crippen LogP contribution < -0.4 is 0 Å². The third-order valence-corrected chi connectivity index (χ3v) is 3.65. The van der Waals surface area contributed by atoms with Gasteiger partial charge in [0.2, 0.25) is 5.95 Å². The van der Waals surface area contributed by atoms with Crippen molar-refractivity contribution in [2.24, 2.45) is 5.92 Å². The van der Waals surface area contributed by atoms with Gasteiger partial charge >= 0.3 is 0 Å². The molecule has 2 heterocycles. The largest absolute Gasteiger partial charge is 0.340 e. The van der Waals surface area contributed by atoms with Crippen molar-refractivity contribution in [1.82, 2.24) is 14.8 Å². The molecule has 0 unspecified atom stereocenters. The lowest BCUT2D eigenvalue weighted by Gasteiger charge is -2.31. The minimum absolute atomic E-state index is 0.176. The number of nitrogens with zero attached hydrogens (tertiary/aromatic N) is 3. The van der Waals surface area contributed by atoms with Gasteiger partial charge in [-0.15, -0.1) is 0 Å². The highest BCUT2D eigenvalue weighted by molar-refractivity contribution is 5.92. The van der Waals surface area contributed by atoms with E-state index in [0.717, 1.165) is 25.9 Å². The van der Waals surface area contributed by atoms with Gasteiger partial charge in [0.05, 0.1) is 0 Å². The maximum absolute atomic E-state index is 13.0. The Hall–Kier alpha value is -1.49. The third-order valence-electron chi connectivity index (χ3n) is 3.65. The quantitative estimate of drug-likeness (QED) is 0.779. The normalized spacial score (nSPS) is 17.4. The molecule has 0 aromatic carbocycles. The molecule has 1 aliphatic rings. The first-order chi connectivity index (χ1) is 9.06. The van der Waals surface area contributed by atoms with E-state index in [9.17, 15) is 9.18 Å². The molecule has 5 heteroatoms. The van der Waals surface area contributed by atoms with E-state index in [0.29, 0.717) is 12.5 Å². The summed E-state index contributed by atoms with van der Waals surface area (Å²) in [6, 6.07) is 4.31. The molecule has 0 spiro atoms. The zero-order valence-electron chi connectivity index (χ0n) is 11.5. The number of pyridine rings is 1. The van der Waals surface area contributed by atoms with Crippen LogP contribution in [0, 0.1) is 11.9 Å². The van der Waals surface area contributed by atoms with E-state index in [-0.39, 0.29) is 11.6 Å². The highest BCUT2D eigenvalue weighted by atomic mass is 19.1. The first-order valence-corrected chi connectivity index (χ1v) is 6.63. The minimum atomic E-state index is -0.612. The van der Waals surface area contributed by atoms with E-state index < -0.39 is 5.95 Å². The van der Waals surface area contributed by atoms with Crippen LogP contribution in [0.1, 0.15) is 23.3 Å². The molecule has 0 radical (unpaired) electrons. The number of carbonyl (C=O) groups excluding carboxylic acids is 1. The van der Waals surface area contributed by atoms with E-state index in [1.165, 1.54) is 12.1 Å². The van der Waals surface area contributed by atoms with E-state index in [1.54, 1.807) is 18.0 Å². The monoisotopic (exact) mass is 265 g/mol. The van der Waals surface area contributed by atoms with Gasteiger partial charge in [-0.05, 0) is 51.0 Å². The lowest BCUT2D eigenvalue weighted by atomic mass is 9.96. The standard InChI is InChI=1S/C14H20FN3O/c1-17-8-6-11(7-9-17)10-18(2)14(19)12-4-3-5-13(15)16-12/h3-5,11H,6-10H2,1-2H3. The van der Waals surface area contributed by atoms with Crippen LogP contribution in [0.25, 0.3) is 0 Å². The van der Waals surface area contributed by atoms with Crippen molar-refractivity contribution < 1.29 is 9.18 Å². The second-order valence-electron chi connectivity index (χ2n) is 5.28. The topological polar surface area (TPSA) is 36.4 Å². The van der Waals surface area contributed by atoms with E-state index in [1.807, 2.05) is 0 Å². The van der Waals surface area contributed by atoms with Crippen LogP contribution >= 0.6 is 0 Å². The highest BCUT2D eigenvalue weighted by Crippen LogP contribution is 2.17. The fourth-order valence-corrected chi connectivity index (χ4v) is 2.44. The first-order valence-electron chi connectivity index (χ1n) is 6.63. The molecule has 0 aliphatic carbocycles. The summed E-state index contributed by atoms with van der Waals surface area (Å²) in [5.41, 5.74) is 0.176. The molecule has 1 aliphatic heterocycles. The predicted molar refractivity (Wildman–Crippen MR) is 71.4 cm³/mol. The van der Waals surface area contributed by atoms with Crippen molar-refractivity contribution in [3.05, 3.63) is 29.8 Å². The van der Waals surface area contributed by atoms with Crippen molar-refractivity contribution >= 4 is 5.91 Å². The Morgan fingerprint density at radius 3 is 2.79 bits per heavy atom. The summed E-state index contributed by atoms with van der Waals surface area (Å²) in [6.45, 7) is 2.86. The van der Waals surface area contributed by atoms with Gasteiger partial charge < -0.3 is 9.80 Å². The fraction of sp³-hybridized carbons (Fsp3) is 0.571. The van der Waals surface area contributed by atoms with Crippen LogP contribution in [0.2, 0.25) is 0 Å². The summed E-state index contributed by atoms with van der Waals surface area (Å²) in [4.78, 5) is 19.7. The average molecular weight is 265 g/mol. The molecular weight excluding hydrogens is 245 g/mol. The van der Waals surface area contributed by atoms with Gasteiger partial charge in [-0.1, -0.05) is 6.07 Å². The van der Waals surface area contributed by atoms with Crippen LogP contribution in [0.5, 0.6) is 0 Å². The summed E-state index contributed by atoms with van der Waals surface area (Å²) in [5.74, 6) is -0.296. The Labute approximate surface area is 113 Å². The van der Waals surface area contributed by atoms with Crippen LogP contribution in [0.15, 0.2) is 18.2 Å². The molecule has 1 aromatic rings. The van der Waals surface area contributed by atoms with Crippen LogP contribution in [0.3, 0.4) is 0 Å². The van der Waals surface area contributed by atoms with Gasteiger partial charge in [-0.3, -0.25) is 4.79 Å². The second kappa shape index (κ2) is 6.10. The van der Waals surface area contributed by atoms with Gasteiger partial charge in [0.15, 0.2) is 0 Å². The molecule has 1 saturated heterocycles. The summed E-state index contributed by atoms with van der Waals surface area (Å²) >= 11 is 0. The molecule has 2 rings (SSSR count). The van der Waals surface area contributed by atoms with Crippen molar-refractivity contribution in [3.63, 3.8) is 0 Å². The minimum Gasteiger partial charge on any atom is -0.340 e. The predicted octanol–water partition coefficient (Wildman–Crippen LogP) is 1.63. The van der Waals surface area contributed by atoms with E-state index in [2.05, 4.69) is 16.9 Å². The van der Waals surface area contributed by atoms with E-state index in [4.69, 9.17) is 0 Å². The number of piperidine rings is 1. The smallest absolute Gasteiger partial charge is 0.272 e. The highest BCUT2D eigenvalue weighted by Gasteiger charge is 2.21. The molecule has 0 bridgehead atoms. The van der Waals surface area contributed by atoms with Crippen LogP contribution in [0.4, 0.5) is 4.39 Å². The number of hydrogen-bond acceptors (Lipinski definition) is 3. The molecule has 0 saturated carbocycles. The first kappa shape index (κ1) is 13.9. The van der Waals surface area contributed by atoms with Crippen molar-refractivity contribution in [2.45, 2.75) is 12.8 Å². The van der Waals surface area contributed by atoms with Gasteiger partial charge in [0.25, 0.3) is 5.91 Å². The SMILES string of the molecule is CN1CCC(CN(C)C(=O)c2cccc(F)n2)CC1. The van der Waals surface area contributed by atoms with E-state index >= 15 is 0 Å². The lowest BCUT2D eigenvalue weighted by Crippen LogP contribution is -2.38. The molecule has 1 fully saturated rings. The van der Waals surface area contributed by atoms with Crippen molar-refractivity contribution in [1.29, 1.82) is 0 Å². The number of carbonyl (C=O) groups is 1. The number of hydrogen-bond donors (Lipinski definition) is 0. The molecule has 4 nitrogen and oxygen atoms in total. The zero-order valence-corrected chi connectivity index (χ0v) is 11.5. The van der Waals surface area contributed by atoms with Crippen LogP contribution in [-0.2, 0) is 0 Å². The summed E-state index contributed by atoms with van der Waals surface area (Å²) < 4.78 is 13.0. The average Bonchev–Trinajstić information content (AvgIpc) is 2.40. The molecule has 0 atom stereocenters. The van der Waals surface area contributed by atoms with Crippen molar-refractivity contribution in [3.8, 4) is 0 Å². The third kappa shape index (κ3) is 3.73. The molecular formula is C14H20FN3O. The van der Waals surface area contributed by atoms with Gasteiger partial charge in [0, 0.05) is 13.6 Å². The number of aromatic nitrogens is 1. The van der Waals surface area contributed by atoms with Gasteiger partial charge in [-0.25, -0.2) is 4.98 Å². The Morgan fingerprint density at radius 2 is 2.16 bits per heavy atom. The maximum Gasteiger partial charge on any atom is 0.272 e. The molecule has 19 heavy (non-hydrogen) atoms. The molecule has 1 amide bonds. The Balaban J connectivity index is 1.92. The number of rotatable bonds is 3. The number of amides is 1. The van der Waals surface area contributed by atoms with Gasteiger partial charge in [-0.2, -0.15) is 4.39 Å². The summed E-state index contributed by atoms with van der Waals surface area (Å²) in [7, 11) is 3.87. The maximum atomic E-state index is 13.0.